The number of anilines is 1. The lowest BCUT2D eigenvalue weighted by molar-refractivity contribution is -0.118. The Morgan fingerprint density at radius 1 is 0.880 bits per heavy atom. The Labute approximate surface area is 146 Å². The number of hydrogen-bond acceptors (Lipinski definition) is 5. The van der Waals surface area contributed by atoms with Gasteiger partial charge in [-0.05, 0) is 38.1 Å². The normalized spacial score (nSPS) is 10.0. The fraction of sp³-hybridized carbons (Fsp3) is 0.263. The topological polar surface area (TPSA) is 73.9 Å². The highest BCUT2D eigenvalue weighted by Crippen LogP contribution is 2.26. The van der Waals surface area contributed by atoms with Crippen LogP contribution < -0.4 is 14.8 Å². The first kappa shape index (κ1) is 18.3. The smallest absolute Gasteiger partial charge is 0.340 e. The third-order valence-electron chi connectivity index (χ3n) is 3.20. The van der Waals surface area contributed by atoms with Gasteiger partial charge in [-0.3, -0.25) is 4.79 Å². The summed E-state index contributed by atoms with van der Waals surface area (Å²) in [5.41, 5.74) is 0.681. The second kappa shape index (κ2) is 9.32. The van der Waals surface area contributed by atoms with Crippen LogP contribution in [0.5, 0.6) is 11.5 Å². The van der Waals surface area contributed by atoms with Crippen LogP contribution in [0.3, 0.4) is 0 Å². The van der Waals surface area contributed by atoms with Gasteiger partial charge in [-0.1, -0.05) is 24.3 Å². The maximum absolute atomic E-state index is 12.2. The number of hydrogen-bond donors (Lipinski definition) is 1. The number of esters is 1. The number of para-hydroxylation sites is 3. The summed E-state index contributed by atoms with van der Waals surface area (Å²) in [5, 5.41) is 2.67. The quantitative estimate of drug-likeness (QED) is 0.745. The molecule has 0 aliphatic heterocycles. The summed E-state index contributed by atoms with van der Waals surface area (Å²) < 4.78 is 15.9. The van der Waals surface area contributed by atoms with E-state index in [1.54, 1.807) is 49.4 Å². The van der Waals surface area contributed by atoms with E-state index < -0.39 is 5.97 Å². The number of carbonyl (C=O) groups excluding carboxylic acids is 2. The molecule has 0 radical (unpaired) electrons. The average molecular weight is 343 g/mol. The molecule has 0 fully saturated rings. The van der Waals surface area contributed by atoms with Crippen molar-refractivity contribution in [3.63, 3.8) is 0 Å². The van der Waals surface area contributed by atoms with Crippen LogP contribution in [0.4, 0.5) is 5.69 Å². The van der Waals surface area contributed by atoms with Gasteiger partial charge in [0, 0.05) is 0 Å². The fourth-order valence-electron chi connectivity index (χ4n) is 2.15. The van der Waals surface area contributed by atoms with E-state index in [4.69, 9.17) is 14.2 Å². The largest absolute Gasteiger partial charge is 0.490 e. The molecule has 0 saturated carbocycles. The second-order valence-electron chi connectivity index (χ2n) is 4.98. The Kier molecular flexibility index (Phi) is 6.83. The summed E-state index contributed by atoms with van der Waals surface area (Å²) in [6, 6.07) is 13.8. The molecular formula is C19H21NO5. The van der Waals surface area contributed by atoms with Crippen LogP contribution in [-0.2, 0) is 9.53 Å². The molecule has 6 nitrogen and oxygen atoms in total. The molecule has 132 valence electrons. The summed E-state index contributed by atoms with van der Waals surface area (Å²) >= 11 is 0. The first-order chi connectivity index (χ1) is 12.2. The maximum Gasteiger partial charge on any atom is 0.340 e. The van der Waals surface area contributed by atoms with Crippen LogP contribution >= 0.6 is 0 Å². The Bertz CT molecular complexity index is 729. The molecule has 0 aromatic heterocycles. The predicted molar refractivity (Wildman–Crippen MR) is 94.1 cm³/mol. The lowest BCUT2D eigenvalue weighted by Crippen LogP contribution is -2.22. The van der Waals surface area contributed by atoms with Gasteiger partial charge in [-0.2, -0.15) is 0 Å². The van der Waals surface area contributed by atoms with Gasteiger partial charge in [-0.25, -0.2) is 4.79 Å². The first-order valence-corrected chi connectivity index (χ1v) is 8.06. The van der Waals surface area contributed by atoms with Crippen molar-refractivity contribution in [2.24, 2.45) is 0 Å². The number of carbonyl (C=O) groups is 2. The van der Waals surface area contributed by atoms with Crippen LogP contribution in [-0.4, -0.2) is 31.7 Å². The molecule has 2 aromatic rings. The fourth-order valence-corrected chi connectivity index (χ4v) is 2.15. The molecule has 0 spiro atoms. The Hall–Kier alpha value is -3.02. The van der Waals surface area contributed by atoms with Gasteiger partial charge in [0.25, 0.3) is 5.91 Å². The van der Waals surface area contributed by atoms with Crippen LogP contribution in [0.2, 0.25) is 0 Å². The maximum atomic E-state index is 12.2. The molecule has 1 amide bonds. The molecule has 25 heavy (non-hydrogen) atoms. The van der Waals surface area contributed by atoms with Gasteiger partial charge in [0.2, 0.25) is 0 Å². The summed E-state index contributed by atoms with van der Waals surface area (Å²) in [6.45, 7) is 4.15. The zero-order valence-electron chi connectivity index (χ0n) is 14.3. The molecule has 0 aliphatic carbocycles. The lowest BCUT2D eigenvalue weighted by Gasteiger charge is -2.13. The van der Waals surface area contributed by atoms with Crippen molar-refractivity contribution < 1.29 is 23.8 Å². The van der Waals surface area contributed by atoms with Gasteiger partial charge in [0.1, 0.15) is 0 Å². The van der Waals surface area contributed by atoms with E-state index in [-0.39, 0.29) is 19.1 Å². The molecule has 2 rings (SSSR count). The highest BCUT2D eigenvalue weighted by Gasteiger charge is 2.14. The number of nitrogens with one attached hydrogen (secondary N) is 1. The molecule has 0 saturated heterocycles. The van der Waals surface area contributed by atoms with E-state index in [0.29, 0.717) is 29.4 Å². The van der Waals surface area contributed by atoms with E-state index in [1.165, 1.54) is 0 Å². The van der Waals surface area contributed by atoms with Crippen molar-refractivity contribution in [3.8, 4) is 11.5 Å². The molecule has 2 aromatic carbocycles. The standard InChI is InChI=1S/C19H21NO5/c1-3-23-16-11-7-8-12-17(16)25-13-18(21)20-15-10-6-5-9-14(15)19(22)24-4-2/h5-12H,3-4,13H2,1-2H3,(H,20,21). The predicted octanol–water partition coefficient (Wildman–Crippen LogP) is 3.28. The zero-order valence-corrected chi connectivity index (χ0v) is 14.3. The van der Waals surface area contributed by atoms with Crippen LogP contribution in [0.15, 0.2) is 48.5 Å². The van der Waals surface area contributed by atoms with Crippen LogP contribution in [0, 0.1) is 0 Å². The van der Waals surface area contributed by atoms with Gasteiger partial charge < -0.3 is 19.5 Å². The highest BCUT2D eigenvalue weighted by atomic mass is 16.5. The van der Waals surface area contributed by atoms with Crippen molar-refractivity contribution in [1.29, 1.82) is 0 Å². The Morgan fingerprint density at radius 2 is 1.52 bits per heavy atom. The van der Waals surface area contributed by atoms with Crippen molar-refractivity contribution in [2.45, 2.75) is 13.8 Å². The van der Waals surface area contributed by atoms with E-state index in [1.807, 2.05) is 13.0 Å². The zero-order chi connectivity index (χ0) is 18.1. The van der Waals surface area contributed by atoms with E-state index in [9.17, 15) is 9.59 Å². The van der Waals surface area contributed by atoms with Crippen LogP contribution in [0.25, 0.3) is 0 Å². The van der Waals surface area contributed by atoms with Gasteiger partial charge in [0.05, 0.1) is 24.5 Å². The SMILES string of the molecule is CCOC(=O)c1ccccc1NC(=O)COc1ccccc1OCC. The third kappa shape index (κ3) is 5.24. The Morgan fingerprint density at radius 3 is 2.20 bits per heavy atom. The number of ether oxygens (including phenoxy) is 3. The number of benzene rings is 2. The third-order valence-corrected chi connectivity index (χ3v) is 3.20. The highest BCUT2D eigenvalue weighted by molar-refractivity contribution is 6.01. The first-order valence-electron chi connectivity index (χ1n) is 8.06. The molecule has 0 unspecified atom stereocenters. The minimum absolute atomic E-state index is 0.207. The van der Waals surface area contributed by atoms with E-state index >= 15 is 0 Å². The number of amides is 1. The van der Waals surface area contributed by atoms with Gasteiger partial charge in [0.15, 0.2) is 18.1 Å². The van der Waals surface area contributed by atoms with Crippen LogP contribution in [0.1, 0.15) is 24.2 Å². The summed E-state index contributed by atoms with van der Waals surface area (Å²) in [4.78, 5) is 24.1. The van der Waals surface area contributed by atoms with Gasteiger partial charge >= 0.3 is 5.97 Å². The van der Waals surface area contributed by atoms with Crippen molar-refractivity contribution in [3.05, 3.63) is 54.1 Å². The minimum atomic E-state index is -0.485. The van der Waals surface area contributed by atoms with E-state index in [0.717, 1.165) is 0 Å². The van der Waals surface area contributed by atoms with Crippen molar-refractivity contribution >= 4 is 17.6 Å². The van der Waals surface area contributed by atoms with Gasteiger partial charge in [-0.15, -0.1) is 0 Å². The average Bonchev–Trinajstić information content (AvgIpc) is 2.62. The molecule has 0 aliphatic rings. The minimum Gasteiger partial charge on any atom is -0.490 e. The number of rotatable bonds is 8. The summed E-state index contributed by atoms with van der Waals surface area (Å²) in [6.07, 6.45) is 0. The molecule has 0 bridgehead atoms. The lowest BCUT2D eigenvalue weighted by atomic mass is 10.2. The molecule has 0 atom stereocenters. The molecular weight excluding hydrogens is 322 g/mol. The summed E-state index contributed by atoms with van der Waals surface area (Å²) in [5.74, 6) is 0.187. The molecule has 0 heterocycles. The molecule has 1 N–H and O–H groups in total. The summed E-state index contributed by atoms with van der Waals surface area (Å²) in [7, 11) is 0. The Balaban J connectivity index is 2.01. The van der Waals surface area contributed by atoms with Crippen molar-refractivity contribution in [1.82, 2.24) is 0 Å². The monoisotopic (exact) mass is 343 g/mol. The van der Waals surface area contributed by atoms with Crippen molar-refractivity contribution in [2.75, 3.05) is 25.1 Å². The van der Waals surface area contributed by atoms with E-state index in [2.05, 4.69) is 5.32 Å². The second-order valence-corrected chi connectivity index (χ2v) is 4.98. The molecule has 6 heteroatoms.